The summed E-state index contributed by atoms with van der Waals surface area (Å²) >= 11 is 0. The number of hydrogen-bond donors (Lipinski definition) is 2. The number of aromatic nitrogens is 3. The Morgan fingerprint density at radius 1 is 1.15 bits per heavy atom. The SMILES string of the molecule is CCC1CCC(C(=O)N2CCOCC2)=CC=C1Nc1cc(C2=CC=CC(n3ncc4cc(C(C)(C)C)cc(F)c4c3=O)C2CO)ccn1. The van der Waals surface area contributed by atoms with Gasteiger partial charge in [-0.3, -0.25) is 9.59 Å². The molecule has 1 fully saturated rings. The van der Waals surface area contributed by atoms with Crippen molar-refractivity contribution >= 4 is 28.1 Å². The number of aliphatic hydroxyl groups excluding tert-OH is 1. The highest BCUT2D eigenvalue weighted by Gasteiger charge is 2.30. The number of nitrogens with one attached hydrogen (secondary N) is 1. The van der Waals surface area contributed by atoms with E-state index < -0.39 is 23.3 Å². The van der Waals surface area contributed by atoms with Gasteiger partial charge in [-0.2, -0.15) is 5.10 Å². The van der Waals surface area contributed by atoms with E-state index in [4.69, 9.17) is 4.74 Å². The van der Waals surface area contributed by atoms with Crippen LogP contribution in [-0.4, -0.2) is 63.6 Å². The Labute approximate surface area is 280 Å². The molecule has 3 atom stereocenters. The molecule has 10 heteroatoms. The minimum Gasteiger partial charge on any atom is -0.396 e. The summed E-state index contributed by atoms with van der Waals surface area (Å²) in [5, 5.41) is 19.1. The number of hydrogen-bond acceptors (Lipinski definition) is 7. The van der Waals surface area contributed by atoms with Gasteiger partial charge in [0.1, 0.15) is 11.6 Å². The molecule has 252 valence electrons. The highest BCUT2D eigenvalue weighted by molar-refractivity contribution is 5.94. The third-order valence-electron chi connectivity index (χ3n) is 9.70. The average molecular weight is 654 g/mol. The Hall–Kier alpha value is -4.41. The monoisotopic (exact) mass is 653 g/mol. The molecule has 0 saturated carbocycles. The second kappa shape index (κ2) is 14.0. The highest BCUT2D eigenvalue weighted by Crippen LogP contribution is 2.37. The van der Waals surface area contributed by atoms with E-state index >= 15 is 4.39 Å². The lowest BCUT2D eigenvalue weighted by atomic mass is 9.84. The van der Waals surface area contributed by atoms with Crippen LogP contribution in [0.4, 0.5) is 10.2 Å². The van der Waals surface area contributed by atoms with Crippen molar-refractivity contribution in [1.29, 1.82) is 0 Å². The van der Waals surface area contributed by atoms with Crippen LogP contribution in [0.5, 0.6) is 0 Å². The zero-order valence-corrected chi connectivity index (χ0v) is 28.1. The normalized spacial score (nSPS) is 21.8. The molecule has 0 bridgehead atoms. The van der Waals surface area contributed by atoms with E-state index in [1.807, 2.05) is 74.3 Å². The Bertz CT molecular complexity index is 1880. The predicted octanol–water partition coefficient (Wildman–Crippen LogP) is 5.93. The maximum Gasteiger partial charge on any atom is 0.278 e. The van der Waals surface area contributed by atoms with Crippen molar-refractivity contribution in [3.63, 3.8) is 0 Å². The summed E-state index contributed by atoms with van der Waals surface area (Å²) in [6, 6.07) is 6.42. The molecular formula is C38H44FN5O4. The molecule has 2 aromatic heterocycles. The average Bonchev–Trinajstić information content (AvgIpc) is 3.29. The number of carbonyl (C=O) groups is 1. The van der Waals surface area contributed by atoms with Crippen LogP contribution in [0.15, 0.2) is 83.1 Å². The van der Waals surface area contributed by atoms with Crippen molar-refractivity contribution in [3.8, 4) is 0 Å². The van der Waals surface area contributed by atoms with Crippen LogP contribution in [0.3, 0.4) is 0 Å². The number of rotatable bonds is 7. The Balaban J connectivity index is 1.26. The van der Waals surface area contributed by atoms with Gasteiger partial charge in [-0.1, -0.05) is 52.0 Å². The molecule has 3 aliphatic rings. The number of amides is 1. The van der Waals surface area contributed by atoms with Crippen LogP contribution in [-0.2, 0) is 14.9 Å². The van der Waals surface area contributed by atoms with E-state index in [0.717, 1.165) is 40.8 Å². The van der Waals surface area contributed by atoms with E-state index in [1.54, 1.807) is 6.20 Å². The summed E-state index contributed by atoms with van der Waals surface area (Å²) in [6.45, 7) is 10.2. The molecule has 1 amide bonds. The lowest BCUT2D eigenvalue weighted by Crippen LogP contribution is -2.41. The number of aliphatic hydroxyl groups is 1. The Morgan fingerprint density at radius 2 is 1.94 bits per heavy atom. The summed E-state index contributed by atoms with van der Waals surface area (Å²) in [7, 11) is 0. The fourth-order valence-electron chi connectivity index (χ4n) is 6.81. The smallest absolute Gasteiger partial charge is 0.278 e. The molecule has 3 heterocycles. The number of allylic oxidation sites excluding steroid dienone is 6. The number of nitrogens with zero attached hydrogens (tertiary/aromatic N) is 4. The van der Waals surface area contributed by atoms with Gasteiger partial charge in [-0.15, -0.1) is 0 Å². The maximum absolute atomic E-state index is 15.4. The summed E-state index contributed by atoms with van der Waals surface area (Å²) in [5.41, 5.74) is 3.39. The van der Waals surface area contributed by atoms with Crippen molar-refractivity contribution < 1.29 is 19.0 Å². The first-order valence-electron chi connectivity index (χ1n) is 16.8. The van der Waals surface area contributed by atoms with E-state index in [-0.39, 0.29) is 29.2 Å². The van der Waals surface area contributed by atoms with Crippen molar-refractivity contribution in [2.45, 2.75) is 58.4 Å². The van der Waals surface area contributed by atoms with Gasteiger partial charge >= 0.3 is 0 Å². The first-order chi connectivity index (χ1) is 23.1. The fourth-order valence-corrected chi connectivity index (χ4v) is 6.81. The molecule has 6 rings (SSSR count). The largest absolute Gasteiger partial charge is 0.396 e. The number of pyridine rings is 1. The van der Waals surface area contributed by atoms with Crippen LogP contribution < -0.4 is 10.9 Å². The van der Waals surface area contributed by atoms with Gasteiger partial charge in [0.15, 0.2) is 0 Å². The molecule has 9 nitrogen and oxygen atoms in total. The molecule has 1 aromatic carbocycles. The zero-order chi connectivity index (χ0) is 34.0. The number of anilines is 1. The number of halogens is 1. The van der Waals surface area contributed by atoms with Crippen LogP contribution in [0.25, 0.3) is 16.3 Å². The van der Waals surface area contributed by atoms with Crippen molar-refractivity contribution in [2.24, 2.45) is 11.8 Å². The quantitative estimate of drug-likeness (QED) is 0.325. The number of benzene rings is 1. The van der Waals surface area contributed by atoms with E-state index in [1.165, 1.54) is 16.9 Å². The van der Waals surface area contributed by atoms with E-state index in [0.29, 0.717) is 43.9 Å². The van der Waals surface area contributed by atoms with Crippen molar-refractivity contribution in [1.82, 2.24) is 19.7 Å². The molecule has 3 unspecified atom stereocenters. The minimum atomic E-state index is -0.625. The van der Waals surface area contributed by atoms with E-state index in [2.05, 4.69) is 22.3 Å². The molecule has 0 spiro atoms. The second-order valence-electron chi connectivity index (χ2n) is 13.8. The van der Waals surface area contributed by atoms with Gasteiger partial charge in [-0.05, 0) is 77.6 Å². The molecule has 1 aliphatic heterocycles. The van der Waals surface area contributed by atoms with Gasteiger partial charge in [-0.25, -0.2) is 14.1 Å². The number of ether oxygens (including phenoxy) is 1. The van der Waals surface area contributed by atoms with Crippen LogP contribution >= 0.6 is 0 Å². The number of carbonyl (C=O) groups excluding carboxylic acids is 1. The van der Waals surface area contributed by atoms with E-state index in [9.17, 15) is 14.7 Å². The summed E-state index contributed by atoms with van der Waals surface area (Å²) in [4.78, 5) is 33.3. The fraction of sp³-hybridized carbons (Fsp3) is 0.421. The number of morpholine rings is 1. The molecule has 2 N–H and O–H groups in total. The summed E-state index contributed by atoms with van der Waals surface area (Å²) in [6.07, 6.45) is 15.2. The van der Waals surface area contributed by atoms with Crippen molar-refractivity contribution in [2.75, 3.05) is 38.2 Å². The van der Waals surface area contributed by atoms with Crippen LogP contribution in [0.1, 0.15) is 64.1 Å². The third-order valence-corrected chi connectivity index (χ3v) is 9.70. The topological polar surface area (TPSA) is 110 Å². The van der Waals surface area contributed by atoms with Gasteiger partial charge in [0, 0.05) is 41.9 Å². The van der Waals surface area contributed by atoms with Gasteiger partial charge < -0.3 is 20.1 Å². The maximum atomic E-state index is 15.4. The molecule has 3 aromatic rings. The molecule has 1 saturated heterocycles. The van der Waals surface area contributed by atoms with Crippen LogP contribution in [0.2, 0.25) is 0 Å². The Kier molecular flexibility index (Phi) is 9.75. The van der Waals surface area contributed by atoms with Gasteiger partial charge in [0.2, 0.25) is 5.91 Å². The Morgan fingerprint density at radius 3 is 2.67 bits per heavy atom. The van der Waals surface area contributed by atoms with Crippen LogP contribution in [0, 0.1) is 17.7 Å². The standard InChI is InChI=1S/C38H44FN5O4/c1-5-24-9-10-25(36(46)43-15-17-48-18-16-43)11-12-32(24)42-34-20-26(13-14-40-34)29-7-6-8-33(30(29)23-45)44-37(47)35-27(22-41-44)19-28(21-31(35)39)38(2,3)4/h6-8,11-14,19-22,24,30,33,45H,5,9-10,15-18,23H2,1-4H3,(H,40,42). The molecule has 48 heavy (non-hydrogen) atoms. The summed E-state index contributed by atoms with van der Waals surface area (Å²) in [5.74, 6) is -0.161. The highest BCUT2D eigenvalue weighted by atomic mass is 19.1. The van der Waals surface area contributed by atoms with Gasteiger partial charge in [0.25, 0.3) is 5.56 Å². The molecule has 2 aliphatic carbocycles. The summed E-state index contributed by atoms with van der Waals surface area (Å²) < 4.78 is 22.1. The molecule has 0 radical (unpaired) electrons. The van der Waals surface area contributed by atoms with Gasteiger partial charge in [0.05, 0.1) is 37.4 Å². The predicted molar refractivity (Wildman–Crippen MR) is 186 cm³/mol. The minimum absolute atomic E-state index is 0.0133. The zero-order valence-electron chi connectivity index (χ0n) is 28.1. The lowest BCUT2D eigenvalue weighted by Gasteiger charge is -2.29. The first kappa shape index (κ1) is 33.5. The lowest BCUT2D eigenvalue weighted by molar-refractivity contribution is -0.131. The molecular weight excluding hydrogens is 609 g/mol. The third kappa shape index (κ3) is 6.77. The number of fused-ring (bicyclic) bond motifs is 1. The second-order valence-corrected chi connectivity index (χ2v) is 13.8. The van der Waals surface area contributed by atoms with Crippen molar-refractivity contribution in [3.05, 3.63) is 106 Å². The first-order valence-corrected chi connectivity index (χ1v) is 16.8.